The number of methoxy groups -OCH3 is 1. The molecule has 0 N–H and O–H groups in total. The Bertz CT molecular complexity index is 1020. The van der Waals surface area contributed by atoms with Gasteiger partial charge in [0.1, 0.15) is 12.4 Å². The van der Waals surface area contributed by atoms with Gasteiger partial charge >= 0.3 is 0 Å². The monoisotopic (exact) mass is 471 g/mol. The Morgan fingerprint density at radius 2 is 1.79 bits per heavy atom. The van der Waals surface area contributed by atoms with Crippen molar-refractivity contribution in [2.45, 2.75) is 20.5 Å². The highest BCUT2D eigenvalue weighted by Gasteiger charge is 2.26. The molecule has 0 spiro atoms. The Morgan fingerprint density at radius 3 is 2.39 bits per heavy atom. The van der Waals surface area contributed by atoms with Gasteiger partial charge < -0.3 is 19.3 Å². The van der Waals surface area contributed by atoms with Crippen molar-refractivity contribution in [3.05, 3.63) is 70.4 Å². The van der Waals surface area contributed by atoms with Crippen LogP contribution in [0.1, 0.15) is 18.1 Å². The molecule has 1 saturated heterocycles. The van der Waals surface area contributed by atoms with E-state index in [4.69, 9.17) is 9.47 Å². The van der Waals surface area contributed by atoms with Crippen LogP contribution in [0.3, 0.4) is 0 Å². The highest BCUT2D eigenvalue weighted by Crippen LogP contribution is 2.29. The van der Waals surface area contributed by atoms with Crippen LogP contribution < -0.4 is 9.47 Å². The number of aryl methyl sites for hydroxylation is 1. The fourth-order valence-electron chi connectivity index (χ4n) is 3.26. The largest absolute Gasteiger partial charge is 0.493 e. The molecule has 2 aliphatic heterocycles. The van der Waals surface area contributed by atoms with E-state index in [2.05, 4.69) is 21.8 Å². The van der Waals surface area contributed by atoms with E-state index in [-0.39, 0.29) is 11.7 Å². The number of carbonyl (C=O) groups excluding carboxylic acids is 1. The van der Waals surface area contributed by atoms with Crippen molar-refractivity contribution in [3.8, 4) is 11.5 Å². The highest BCUT2D eigenvalue weighted by molar-refractivity contribution is 8.18. The topological polar surface area (TPSA) is 54.4 Å². The first-order chi connectivity index (χ1) is 15.9. The summed E-state index contributed by atoms with van der Waals surface area (Å²) in [6.45, 7) is 8.27. The molecule has 8 heteroatoms. The number of allylic oxidation sites excluding steroid dienone is 1. The maximum Gasteiger partial charge on any atom is 0.285 e. The summed E-state index contributed by atoms with van der Waals surface area (Å²) in [5, 5.41) is 0.876. The van der Waals surface area contributed by atoms with E-state index in [1.165, 1.54) is 23.9 Å². The van der Waals surface area contributed by atoms with Crippen LogP contribution in [-0.2, 0) is 11.4 Å². The fraction of sp³-hybridized carbons (Fsp3) is 0.360. The molecule has 6 nitrogen and oxygen atoms in total. The van der Waals surface area contributed by atoms with E-state index in [1.54, 1.807) is 19.2 Å². The molecular formula is C25H30FN3O3S. The second-order valence-corrected chi connectivity index (χ2v) is 8.82. The van der Waals surface area contributed by atoms with E-state index >= 15 is 0 Å². The van der Waals surface area contributed by atoms with Gasteiger partial charge in [0.25, 0.3) is 5.91 Å². The normalized spacial score (nSPS) is 17.5. The van der Waals surface area contributed by atoms with Gasteiger partial charge in [0, 0.05) is 26.2 Å². The average Bonchev–Trinajstić information content (AvgIpc) is 3.20. The van der Waals surface area contributed by atoms with E-state index in [9.17, 15) is 9.18 Å². The Morgan fingerprint density at radius 1 is 1.09 bits per heavy atom. The molecule has 2 aromatic rings. The first-order valence-corrected chi connectivity index (χ1v) is 11.6. The maximum atomic E-state index is 12.8. The number of halogens is 1. The van der Waals surface area contributed by atoms with Crippen molar-refractivity contribution >= 4 is 22.8 Å². The number of nitrogens with zero attached hydrogens (tertiary/aromatic N) is 3. The van der Waals surface area contributed by atoms with E-state index in [1.807, 2.05) is 38.1 Å². The van der Waals surface area contributed by atoms with Gasteiger partial charge in [0.2, 0.25) is 0 Å². The average molecular weight is 472 g/mol. The van der Waals surface area contributed by atoms with Crippen molar-refractivity contribution in [3.63, 3.8) is 0 Å². The van der Waals surface area contributed by atoms with Crippen molar-refractivity contribution in [1.29, 1.82) is 0 Å². The molecule has 0 aromatic heterocycles. The number of amides is 1. The Hall–Kier alpha value is -2.84. The number of amidine groups is 1. The van der Waals surface area contributed by atoms with Crippen LogP contribution in [0.4, 0.5) is 4.39 Å². The third kappa shape index (κ3) is 7.07. The van der Waals surface area contributed by atoms with Gasteiger partial charge in [-0.05, 0) is 68.0 Å². The minimum Gasteiger partial charge on any atom is -0.493 e. The lowest BCUT2D eigenvalue weighted by Gasteiger charge is -2.32. The molecule has 0 aliphatic carbocycles. The number of piperazine rings is 1. The van der Waals surface area contributed by atoms with Crippen molar-refractivity contribution in [2.24, 2.45) is 4.99 Å². The number of carbonyl (C=O) groups is 1. The van der Waals surface area contributed by atoms with Crippen LogP contribution in [0.5, 0.6) is 11.5 Å². The van der Waals surface area contributed by atoms with E-state index < -0.39 is 0 Å². The maximum absolute atomic E-state index is 12.8. The number of likely N-dealkylation sites (N-methyl/N-ethyl adjacent to an activating group) is 1. The summed E-state index contributed by atoms with van der Waals surface area (Å²) >= 11 is 1.50. The molecule has 1 fully saturated rings. The molecule has 0 radical (unpaired) electrons. The second-order valence-electron chi connectivity index (χ2n) is 7.81. The Balaban J connectivity index is 0.000000189. The number of thioether (sulfide) groups is 1. The molecule has 2 aliphatic rings. The summed E-state index contributed by atoms with van der Waals surface area (Å²) in [7, 11) is 3.73. The zero-order chi connectivity index (χ0) is 23.8. The molecule has 0 atom stereocenters. The zero-order valence-corrected chi connectivity index (χ0v) is 20.3. The lowest BCUT2D eigenvalue weighted by molar-refractivity contribution is -0.113. The molecule has 1 amide bonds. The van der Waals surface area contributed by atoms with Gasteiger partial charge in [-0.15, -0.1) is 0 Å². The fourth-order valence-corrected chi connectivity index (χ4v) is 4.15. The summed E-state index contributed by atoms with van der Waals surface area (Å²) in [5.41, 5.74) is 2.03. The molecule has 4 rings (SSSR count). The van der Waals surface area contributed by atoms with Crippen LogP contribution >= 0.6 is 11.8 Å². The van der Waals surface area contributed by atoms with Gasteiger partial charge in [-0.1, -0.05) is 24.3 Å². The van der Waals surface area contributed by atoms with Crippen LogP contribution in [0, 0.1) is 12.7 Å². The number of hydrogen-bond acceptors (Lipinski definition) is 6. The standard InChI is InChI=1S/C15H15FO2.C10H15N3OS/c1-11-3-8-14(15(9-11)17-2)18-10-12-4-6-13(16)7-5-12;1-3-8-9(14)11-10(15-8)13-6-4-12(2)5-7-13/h3-9H,10H2,1-2H3;3H,4-7H2,1-2H3. The molecule has 33 heavy (non-hydrogen) atoms. The third-order valence-electron chi connectivity index (χ3n) is 5.27. The SMILES string of the molecule is CC=C1SC(N2CCN(C)CC2)=NC1=O.COc1cc(C)ccc1OCc1ccc(F)cc1. The van der Waals surface area contributed by atoms with Crippen molar-refractivity contribution in [1.82, 2.24) is 9.80 Å². The summed E-state index contributed by atoms with van der Waals surface area (Å²) < 4.78 is 23.7. The van der Waals surface area contributed by atoms with Crippen molar-refractivity contribution in [2.75, 3.05) is 40.3 Å². The van der Waals surface area contributed by atoms with Gasteiger partial charge in [-0.3, -0.25) is 4.79 Å². The molecule has 0 unspecified atom stereocenters. The van der Waals surface area contributed by atoms with Gasteiger partial charge in [-0.25, -0.2) is 4.39 Å². The molecule has 2 aromatic carbocycles. The molecule has 2 heterocycles. The minimum absolute atomic E-state index is 0.0866. The predicted molar refractivity (Wildman–Crippen MR) is 131 cm³/mol. The number of ether oxygens (including phenoxy) is 2. The van der Waals surface area contributed by atoms with Crippen LogP contribution in [0.2, 0.25) is 0 Å². The highest BCUT2D eigenvalue weighted by atomic mass is 32.2. The molecular weight excluding hydrogens is 441 g/mol. The molecule has 0 saturated carbocycles. The first kappa shape index (κ1) is 24.8. The lowest BCUT2D eigenvalue weighted by Crippen LogP contribution is -2.46. The van der Waals surface area contributed by atoms with Gasteiger partial charge in [0.05, 0.1) is 12.0 Å². The van der Waals surface area contributed by atoms with Crippen LogP contribution in [-0.4, -0.2) is 61.2 Å². The van der Waals surface area contributed by atoms with E-state index in [0.29, 0.717) is 18.1 Å². The lowest BCUT2D eigenvalue weighted by atomic mass is 10.2. The first-order valence-electron chi connectivity index (χ1n) is 10.8. The smallest absolute Gasteiger partial charge is 0.285 e. The summed E-state index contributed by atoms with van der Waals surface area (Å²) in [4.78, 5) is 20.7. The zero-order valence-electron chi connectivity index (χ0n) is 19.5. The van der Waals surface area contributed by atoms with Gasteiger partial charge in [0.15, 0.2) is 16.7 Å². The second kappa shape index (κ2) is 11.9. The van der Waals surface area contributed by atoms with Crippen LogP contribution in [0.25, 0.3) is 0 Å². The summed E-state index contributed by atoms with van der Waals surface area (Å²) in [6.07, 6.45) is 1.83. The predicted octanol–water partition coefficient (Wildman–Crippen LogP) is 4.49. The van der Waals surface area contributed by atoms with Crippen LogP contribution in [0.15, 0.2) is 58.4 Å². The van der Waals surface area contributed by atoms with E-state index in [0.717, 1.165) is 47.4 Å². The third-order valence-corrected chi connectivity index (χ3v) is 6.43. The minimum atomic E-state index is -0.244. The van der Waals surface area contributed by atoms with Crippen molar-refractivity contribution < 1.29 is 18.7 Å². The number of hydrogen-bond donors (Lipinski definition) is 0. The molecule has 176 valence electrons. The summed E-state index contributed by atoms with van der Waals surface area (Å²) in [5.74, 6) is 1.06. The summed E-state index contributed by atoms with van der Waals surface area (Å²) in [6, 6.07) is 12.0. The number of benzene rings is 2. The Labute approximate surface area is 199 Å². The number of aliphatic imine (C=N–C) groups is 1. The Kier molecular flexibility index (Phi) is 8.91. The molecule has 0 bridgehead atoms. The number of rotatable bonds is 4. The van der Waals surface area contributed by atoms with Gasteiger partial charge in [-0.2, -0.15) is 4.99 Å². The quantitative estimate of drug-likeness (QED) is 0.613.